The lowest BCUT2D eigenvalue weighted by Gasteiger charge is -2.18. The average molecular weight is 232 g/mol. The highest BCUT2D eigenvalue weighted by Crippen LogP contribution is 2.26. The highest BCUT2D eigenvalue weighted by Gasteiger charge is 2.10. The van der Waals surface area contributed by atoms with Crippen molar-refractivity contribution in [2.24, 2.45) is 0 Å². The fourth-order valence-corrected chi connectivity index (χ4v) is 1.90. The Morgan fingerprint density at radius 1 is 1.14 bits per heavy atom. The van der Waals surface area contributed by atoms with Crippen molar-refractivity contribution in [1.29, 1.82) is 0 Å². The van der Waals surface area contributed by atoms with E-state index in [9.17, 15) is 0 Å². The van der Waals surface area contributed by atoms with E-state index in [1.54, 1.807) is 6.07 Å². The zero-order valence-electron chi connectivity index (χ0n) is 8.64. The molecule has 0 saturated carbocycles. The van der Waals surface area contributed by atoms with Gasteiger partial charge in [-0.25, -0.2) is 0 Å². The monoisotopic (exact) mass is 231 g/mol. The van der Waals surface area contributed by atoms with E-state index in [0.717, 1.165) is 15.6 Å². The van der Waals surface area contributed by atoms with Gasteiger partial charge in [0.2, 0.25) is 0 Å². The van der Waals surface area contributed by atoms with Gasteiger partial charge >= 0.3 is 0 Å². The molecular weight excluding hydrogens is 217 g/mol. The van der Waals surface area contributed by atoms with Gasteiger partial charge in [0.25, 0.3) is 0 Å². The first-order valence-electron chi connectivity index (χ1n) is 4.71. The minimum absolute atomic E-state index is 0.223. The van der Waals surface area contributed by atoms with E-state index in [2.05, 4.69) is 26.1 Å². The molecular formula is C11H15Cl2N. The molecule has 0 fully saturated rings. The summed E-state index contributed by atoms with van der Waals surface area (Å²) < 4.78 is 0. The zero-order chi connectivity index (χ0) is 10.7. The van der Waals surface area contributed by atoms with Crippen LogP contribution in [-0.4, -0.2) is 6.04 Å². The first kappa shape index (κ1) is 11.8. The molecule has 0 unspecified atom stereocenters. The molecule has 78 valence electrons. The second kappa shape index (κ2) is 5.01. The van der Waals surface area contributed by atoms with E-state index in [4.69, 9.17) is 23.2 Å². The molecule has 0 spiro atoms. The first-order chi connectivity index (χ1) is 6.50. The lowest BCUT2D eigenvalue weighted by molar-refractivity contribution is 0.506. The van der Waals surface area contributed by atoms with Gasteiger partial charge in [0, 0.05) is 22.1 Å². The van der Waals surface area contributed by atoms with Crippen LogP contribution in [-0.2, 0) is 0 Å². The molecule has 1 nitrogen and oxygen atoms in total. The Hall–Kier alpha value is -0.240. The Morgan fingerprint density at radius 3 is 2.36 bits per heavy atom. The molecule has 1 aromatic carbocycles. The minimum Gasteiger partial charge on any atom is -0.308 e. The first-order valence-corrected chi connectivity index (χ1v) is 5.47. The summed E-state index contributed by atoms with van der Waals surface area (Å²) in [7, 11) is 0. The Balaban J connectivity index is 2.88. The maximum Gasteiger partial charge on any atom is 0.0454 e. The number of benzene rings is 1. The van der Waals surface area contributed by atoms with Crippen molar-refractivity contribution in [3.63, 3.8) is 0 Å². The van der Waals surface area contributed by atoms with Crippen molar-refractivity contribution in [3.05, 3.63) is 33.8 Å². The van der Waals surface area contributed by atoms with Crippen LogP contribution in [0.15, 0.2) is 18.2 Å². The van der Waals surface area contributed by atoms with Gasteiger partial charge in [0.05, 0.1) is 0 Å². The lowest BCUT2D eigenvalue weighted by atomic mass is 10.1. The summed E-state index contributed by atoms with van der Waals surface area (Å²) in [5.74, 6) is 0. The van der Waals surface area contributed by atoms with Gasteiger partial charge < -0.3 is 5.32 Å². The Kier molecular flexibility index (Phi) is 4.24. The van der Waals surface area contributed by atoms with Gasteiger partial charge in [-0.3, -0.25) is 0 Å². The Labute approximate surface area is 95.4 Å². The second-order valence-electron chi connectivity index (χ2n) is 3.71. The summed E-state index contributed by atoms with van der Waals surface area (Å²) in [5.41, 5.74) is 1.05. The highest BCUT2D eigenvalue weighted by molar-refractivity contribution is 6.33. The van der Waals surface area contributed by atoms with Gasteiger partial charge in [-0.1, -0.05) is 37.0 Å². The van der Waals surface area contributed by atoms with Gasteiger partial charge in [0.15, 0.2) is 0 Å². The summed E-state index contributed by atoms with van der Waals surface area (Å²) in [5, 5.41) is 4.87. The van der Waals surface area contributed by atoms with Crippen LogP contribution in [0.5, 0.6) is 0 Å². The summed E-state index contributed by atoms with van der Waals surface area (Å²) in [6.07, 6.45) is 0. The smallest absolute Gasteiger partial charge is 0.0454 e. The lowest BCUT2D eigenvalue weighted by Crippen LogP contribution is -2.26. The molecule has 14 heavy (non-hydrogen) atoms. The molecule has 1 rings (SSSR count). The largest absolute Gasteiger partial charge is 0.308 e. The summed E-state index contributed by atoms with van der Waals surface area (Å²) in [6, 6.07) is 6.19. The quantitative estimate of drug-likeness (QED) is 0.828. The molecule has 1 atom stereocenters. The predicted molar refractivity (Wildman–Crippen MR) is 63.1 cm³/mol. The van der Waals surface area contributed by atoms with Crippen LogP contribution in [0.25, 0.3) is 0 Å². The van der Waals surface area contributed by atoms with Crippen LogP contribution in [0.1, 0.15) is 32.4 Å². The number of hydrogen-bond donors (Lipinski definition) is 1. The molecule has 0 bridgehead atoms. The maximum absolute atomic E-state index is 6.08. The molecule has 3 heteroatoms. The molecule has 1 N–H and O–H groups in total. The molecule has 1 aromatic rings. The topological polar surface area (TPSA) is 12.0 Å². The average Bonchev–Trinajstić information content (AvgIpc) is 2.08. The number of nitrogens with one attached hydrogen (secondary N) is 1. The van der Waals surface area contributed by atoms with E-state index >= 15 is 0 Å². The van der Waals surface area contributed by atoms with E-state index in [1.807, 2.05) is 12.1 Å². The highest BCUT2D eigenvalue weighted by atomic mass is 35.5. The molecule has 0 radical (unpaired) electrons. The van der Waals surface area contributed by atoms with Gasteiger partial charge in [-0.15, -0.1) is 0 Å². The van der Waals surface area contributed by atoms with Crippen molar-refractivity contribution in [1.82, 2.24) is 5.32 Å². The SMILES string of the molecule is CC(C)N[C@H](C)c1cc(Cl)ccc1Cl. The van der Waals surface area contributed by atoms with Gasteiger partial charge in [-0.05, 0) is 30.7 Å². The van der Waals surface area contributed by atoms with Crippen molar-refractivity contribution < 1.29 is 0 Å². The molecule has 0 amide bonds. The molecule has 0 aliphatic carbocycles. The molecule has 0 saturated heterocycles. The number of hydrogen-bond acceptors (Lipinski definition) is 1. The third-order valence-corrected chi connectivity index (χ3v) is 2.59. The molecule has 0 aliphatic heterocycles. The standard InChI is InChI=1S/C11H15Cl2N/c1-7(2)14-8(3)10-6-9(12)4-5-11(10)13/h4-8,14H,1-3H3/t8-/m1/s1. The summed E-state index contributed by atoms with van der Waals surface area (Å²) >= 11 is 12.0. The number of halogens is 2. The third kappa shape index (κ3) is 3.16. The Bertz CT molecular complexity index is 310. The number of rotatable bonds is 3. The second-order valence-corrected chi connectivity index (χ2v) is 4.55. The van der Waals surface area contributed by atoms with Crippen LogP contribution >= 0.6 is 23.2 Å². The summed E-state index contributed by atoms with van der Waals surface area (Å²) in [4.78, 5) is 0. The fourth-order valence-electron chi connectivity index (χ4n) is 1.44. The summed E-state index contributed by atoms with van der Waals surface area (Å²) in [6.45, 7) is 6.29. The Morgan fingerprint density at radius 2 is 1.79 bits per heavy atom. The van der Waals surface area contributed by atoms with Crippen LogP contribution < -0.4 is 5.32 Å². The molecule has 0 aliphatic rings. The maximum atomic E-state index is 6.08. The van der Waals surface area contributed by atoms with Crippen LogP contribution in [0, 0.1) is 0 Å². The van der Waals surface area contributed by atoms with Crippen molar-refractivity contribution in [2.45, 2.75) is 32.9 Å². The van der Waals surface area contributed by atoms with E-state index in [1.165, 1.54) is 0 Å². The van der Waals surface area contributed by atoms with E-state index in [-0.39, 0.29) is 6.04 Å². The van der Waals surface area contributed by atoms with Gasteiger partial charge in [0.1, 0.15) is 0 Å². The molecule has 0 heterocycles. The van der Waals surface area contributed by atoms with Crippen LogP contribution in [0.2, 0.25) is 10.0 Å². The minimum atomic E-state index is 0.223. The van der Waals surface area contributed by atoms with Gasteiger partial charge in [-0.2, -0.15) is 0 Å². The van der Waals surface area contributed by atoms with Crippen molar-refractivity contribution in [3.8, 4) is 0 Å². The normalized spacial score (nSPS) is 13.3. The predicted octanol–water partition coefficient (Wildman–Crippen LogP) is 4.05. The van der Waals surface area contributed by atoms with E-state index in [0.29, 0.717) is 6.04 Å². The van der Waals surface area contributed by atoms with Crippen molar-refractivity contribution >= 4 is 23.2 Å². The van der Waals surface area contributed by atoms with E-state index < -0.39 is 0 Å². The molecule has 0 aromatic heterocycles. The van der Waals surface area contributed by atoms with Crippen molar-refractivity contribution in [2.75, 3.05) is 0 Å². The van der Waals surface area contributed by atoms with Crippen LogP contribution in [0.3, 0.4) is 0 Å². The fraction of sp³-hybridized carbons (Fsp3) is 0.455. The third-order valence-electron chi connectivity index (χ3n) is 2.01. The van der Waals surface area contributed by atoms with Crippen LogP contribution in [0.4, 0.5) is 0 Å². The zero-order valence-corrected chi connectivity index (χ0v) is 10.2.